The van der Waals surface area contributed by atoms with E-state index in [9.17, 15) is 13.2 Å². The van der Waals surface area contributed by atoms with E-state index in [-0.39, 0.29) is 36.5 Å². The molecule has 1 amide bonds. The number of hydrogen-bond acceptors (Lipinski definition) is 4. The predicted octanol–water partition coefficient (Wildman–Crippen LogP) is 3.43. The van der Waals surface area contributed by atoms with E-state index in [1.165, 1.54) is 4.31 Å². The van der Waals surface area contributed by atoms with Crippen LogP contribution in [0.4, 0.5) is 0 Å². The second kappa shape index (κ2) is 10.3. The Bertz CT molecular complexity index is 1170. The summed E-state index contributed by atoms with van der Waals surface area (Å²) in [7, 11) is -3.73. The van der Waals surface area contributed by atoms with Gasteiger partial charge in [0.2, 0.25) is 10.0 Å². The Labute approximate surface area is 195 Å². The van der Waals surface area contributed by atoms with Crippen molar-refractivity contribution in [3.8, 4) is 0 Å². The zero-order valence-corrected chi connectivity index (χ0v) is 19.4. The molecular formula is C26H28N2O4S. The van der Waals surface area contributed by atoms with Gasteiger partial charge in [-0.3, -0.25) is 4.79 Å². The number of morpholine rings is 1. The molecule has 3 aromatic rings. The Hall–Kier alpha value is -3.00. The number of benzene rings is 3. The first-order valence-electron chi connectivity index (χ1n) is 11.0. The molecule has 1 saturated heterocycles. The number of ether oxygens (including phenoxy) is 1. The standard InChI is InChI=1S/C26H28N2O4S/c1-20-12-14-25(15-13-20)33(30,31)28-18-24(17-27-26(29)22-10-6-3-7-11-22)32-19-23(28)16-21-8-4-2-5-9-21/h2-15,23-24H,16-19H2,1H3,(H,27,29)/t23-,24-/m0/s1. The highest BCUT2D eigenvalue weighted by atomic mass is 32.2. The maximum atomic E-state index is 13.6. The Morgan fingerprint density at radius 1 is 0.970 bits per heavy atom. The van der Waals surface area contributed by atoms with Crippen LogP contribution < -0.4 is 5.32 Å². The van der Waals surface area contributed by atoms with Crippen LogP contribution >= 0.6 is 0 Å². The topological polar surface area (TPSA) is 75.7 Å². The van der Waals surface area contributed by atoms with Gasteiger partial charge in [0.1, 0.15) is 0 Å². The zero-order valence-electron chi connectivity index (χ0n) is 18.6. The smallest absolute Gasteiger partial charge is 0.251 e. The number of hydrogen-bond donors (Lipinski definition) is 1. The maximum Gasteiger partial charge on any atom is 0.251 e. The van der Waals surface area contributed by atoms with Crippen molar-refractivity contribution in [2.75, 3.05) is 19.7 Å². The van der Waals surface area contributed by atoms with Crippen LogP contribution in [-0.2, 0) is 21.2 Å². The fourth-order valence-corrected chi connectivity index (χ4v) is 5.58. The van der Waals surface area contributed by atoms with Gasteiger partial charge in [-0.15, -0.1) is 0 Å². The molecule has 6 nitrogen and oxygen atoms in total. The number of amides is 1. The SMILES string of the molecule is Cc1ccc(S(=O)(=O)N2C[C@H](CNC(=O)c3ccccc3)OC[C@@H]2Cc2ccccc2)cc1. The number of carbonyl (C=O) groups is 1. The van der Waals surface area contributed by atoms with Gasteiger partial charge in [-0.25, -0.2) is 8.42 Å². The average Bonchev–Trinajstić information content (AvgIpc) is 2.84. The summed E-state index contributed by atoms with van der Waals surface area (Å²) in [6.07, 6.45) is 0.111. The van der Waals surface area contributed by atoms with Crippen molar-refractivity contribution >= 4 is 15.9 Å². The molecule has 3 aromatic carbocycles. The number of nitrogens with one attached hydrogen (secondary N) is 1. The van der Waals surface area contributed by atoms with Gasteiger partial charge in [0.15, 0.2) is 0 Å². The summed E-state index contributed by atoms with van der Waals surface area (Å²) in [5.41, 5.74) is 2.60. The Balaban J connectivity index is 1.52. The van der Waals surface area contributed by atoms with E-state index in [0.717, 1.165) is 11.1 Å². The lowest BCUT2D eigenvalue weighted by molar-refractivity contribution is -0.0298. The highest BCUT2D eigenvalue weighted by Gasteiger charge is 2.37. The van der Waals surface area contributed by atoms with Crippen LogP contribution in [0.15, 0.2) is 89.8 Å². The Morgan fingerprint density at radius 3 is 2.27 bits per heavy atom. The fourth-order valence-electron chi connectivity index (χ4n) is 3.94. The molecule has 33 heavy (non-hydrogen) atoms. The molecule has 0 radical (unpaired) electrons. The fraction of sp³-hybridized carbons (Fsp3) is 0.269. The number of sulfonamides is 1. The lowest BCUT2D eigenvalue weighted by atomic mass is 10.1. The van der Waals surface area contributed by atoms with E-state index in [1.54, 1.807) is 48.5 Å². The third kappa shape index (κ3) is 5.68. The summed E-state index contributed by atoms with van der Waals surface area (Å²) in [5, 5.41) is 2.87. The maximum absolute atomic E-state index is 13.6. The number of rotatable bonds is 7. The zero-order chi connectivity index (χ0) is 23.3. The summed E-state index contributed by atoms with van der Waals surface area (Å²) >= 11 is 0. The van der Waals surface area contributed by atoms with Crippen LogP contribution in [0.2, 0.25) is 0 Å². The normalized spacial score (nSPS) is 19.2. The summed E-state index contributed by atoms with van der Waals surface area (Å²) in [6.45, 7) is 2.58. The molecule has 1 aliphatic rings. The summed E-state index contributed by atoms with van der Waals surface area (Å²) in [6, 6.07) is 25.3. The van der Waals surface area contributed by atoms with Crippen molar-refractivity contribution in [1.82, 2.24) is 9.62 Å². The Morgan fingerprint density at radius 2 is 1.61 bits per heavy atom. The van der Waals surface area contributed by atoms with Gasteiger partial charge in [0.25, 0.3) is 5.91 Å². The van der Waals surface area contributed by atoms with Crippen molar-refractivity contribution in [2.45, 2.75) is 30.4 Å². The molecule has 0 spiro atoms. The molecule has 0 aromatic heterocycles. The van der Waals surface area contributed by atoms with Crippen LogP contribution in [0.5, 0.6) is 0 Å². The van der Waals surface area contributed by atoms with Gasteiger partial charge in [-0.2, -0.15) is 4.31 Å². The van der Waals surface area contributed by atoms with Gasteiger partial charge in [0.05, 0.1) is 23.6 Å². The molecule has 7 heteroatoms. The first-order valence-corrected chi connectivity index (χ1v) is 12.4. The first-order chi connectivity index (χ1) is 15.9. The summed E-state index contributed by atoms with van der Waals surface area (Å²) in [4.78, 5) is 12.7. The minimum Gasteiger partial charge on any atom is -0.373 e. The van der Waals surface area contributed by atoms with Gasteiger partial charge in [0, 0.05) is 18.7 Å². The van der Waals surface area contributed by atoms with E-state index >= 15 is 0 Å². The molecule has 1 aliphatic heterocycles. The lowest BCUT2D eigenvalue weighted by Crippen LogP contribution is -2.55. The second-order valence-electron chi connectivity index (χ2n) is 8.26. The van der Waals surface area contributed by atoms with Crippen molar-refractivity contribution in [3.63, 3.8) is 0 Å². The largest absolute Gasteiger partial charge is 0.373 e. The minimum atomic E-state index is -3.73. The quantitative estimate of drug-likeness (QED) is 0.581. The monoisotopic (exact) mass is 464 g/mol. The van der Waals surface area contributed by atoms with E-state index in [0.29, 0.717) is 12.0 Å². The third-order valence-electron chi connectivity index (χ3n) is 5.78. The average molecular weight is 465 g/mol. The van der Waals surface area contributed by atoms with Crippen molar-refractivity contribution in [1.29, 1.82) is 0 Å². The van der Waals surface area contributed by atoms with Crippen molar-refractivity contribution in [2.24, 2.45) is 0 Å². The minimum absolute atomic E-state index is 0.169. The van der Waals surface area contributed by atoms with Crippen molar-refractivity contribution < 1.29 is 17.9 Å². The molecule has 1 heterocycles. The first kappa shape index (κ1) is 23.2. The van der Waals surface area contributed by atoms with Gasteiger partial charge in [-0.1, -0.05) is 66.2 Å². The number of aryl methyl sites for hydroxylation is 1. The Kier molecular flexibility index (Phi) is 7.23. The van der Waals surface area contributed by atoms with Crippen LogP contribution in [0.1, 0.15) is 21.5 Å². The van der Waals surface area contributed by atoms with Crippen LogP contribution in [0, 0.1) is 6.92 Å². The molecule has 172 valence electrons. The highest BCUT2D eigenvalue weighted by molar-refractivity contribution is 7.89. The predicted molar refractivity (Wildman–Crippen MR) is 128 cm³/mol. The van der Waals surface area contributed by atoms with Gasteiger partial charge in [-0.05, 0) is 43.2 Å². The van der Waals surface area contributed by atoms with Gasteiger partial charge < -0.3 is 10.1 Å². The van der Waals surface area contributed by atoms with E-state index in [4.69, 9.17) is 4.74 Å². The summed E-state index contributed by atoms with van der Waals surface area (Å²) < 4.78 is 34.7. The lowest BCUT2D eigenvalue weighted by Gasteiger charge is -2.39. The molecule has 0 saturated carbocycles. The highest BCUT2D eigenvalue weighted by Crippen LogP contribution is 2.25. The van der Waals surface area contributed by atoms with E-state index in [1.807, 2.05) is 43.3 Å². The van der Waals surface area contributed by atoms with Gasteiger partial charge >= 0.3 is 0 Å². The molecule has 1 fully saturated rings. The number of carbonyl (C=O) groups excluding carboxylic acids is 1. The molecule has 1 N–H and O–H groups in total. The molecule has 2 atom stereocenters. The van der Waals surface area contributed by atoms with Crippen molar-refractivity contribution in [3.05, 3.63) is 102 Å². The third-order valence-corrected chi connectivity index (χ3v) is 7.72. The summed E-state index contributed by atoms with van der Waals surface area (Å²) in [5.74, 6) is -0.210. The molecular weight excluding hydrogens is 436 g/mol. The molecule has 0 bridgehead atoms. The molecule has 0 unspecified atom stereocenters. The molecule has 0 aliphatic carbocycles. The van der Waals surface area contributed by atoms with E-state index < -0.39 is 16.1 Å². The van der Waals surface area contributed by atoms with Crippen LogP contribution in [0.25, 0.3) is 0 Å². The second-order valence-corrected chi connectivity index (χ2v) is 10.2. The van der Waals surface area contributed by atoms with Crippen LogP contribution in [-0.4, -0.2) is 50.5 Å². The van der Waals surface area contributed by atoms with Crippen LogP contribution in [0.3, 0.4) is 0 Å². The molecule has 4 rings (SSSR count). The number of nitrogens with zero attached hydrogens (tertiary/aromatic N) is 1. The van der Waals surface area contributed by atoms with E-state index in [2.05, 4.69) is 5.32 Å².